The lowest BCUT2D eigenvalue weighted by atomic mass is 10.0. The number of aliphatic hydroxyl groups excluding tert-OH is 1. The number of aryl methyl sites for hydroxylation is 1. The molecule has 0 aromatic heterocycles. The Morgan fingerprint density at radius 2 is 1.69 bits per heavy atom. The molecule has 1 atom stereocenters. The molecule has 0 aliphatic carbocycles. The molecular formula is C12H18O. The van der Waals surface area contributed by atoms with Gasteiger partial charge < -0.3 is 5.11 Å². The van der Waals surface area contributed by atoms with E-state index in [9.17, 15) is 0 Å². The van der Waals surface area contributed by atoms with Crippen molar-refractivity contribution >= 4 is 0 Å². The quantitative estimate of drug-likeness (QED) is 0.750. The summed E-state index contributed by atoms with van der Waals surface area (Å²) in [4.78, 5) is 0. The van der Waals surface area contributed by atoms with Crippen LogP contribution in [0.5, 0.6) is 0 Å². The molecule has 0 radical (unpaired) electrons. The fourth-order valence-electron chi connectivity index (χ4n) is 1.38. The van der Waals surface area contributed by atoms with Crippen LogP contribution in [0.15, 0.2) is 24.3 Å². The van der Waals surface area contributed by atoms with Crippen LogP contribution in [0.4, 0.5) is 0 Å². The lowest BCUT2D eigenvalue weighted by molar-refractivity contribution is 0.237. The minimum absolute atomic E-state index is 0.273. The molecule has 0 fully saturated rings. The predicted molar refractivity (Wildman–Crippen MR) is 55.8 cm³/mol. The molecular weight excluding hydrogens is 160 g/mol. The van der Waals surface area contributed by atoms with Crippen LogP contribution in [-0.4, -0.2) is 11.7 Å². The van der Waals surface area contributed by atoms with Crippen molar-refractivity contribution in [3.05, 3.63) is 35.4 Å². The van der Waals surface area contributed by atoms with Crippen LogP contribution in [-0.2, 0) is 12.8 Å². The number of aliphatic hydroxyl groups is 1. The van der Waals surface area contributed by atoms with Crippen molar-refractivity contribution in [2.24, 2.45) is 5.92 Å². The standard InChI is InChI=1S/C12H18O/c1-3-11-4-6-12(7-5-11)8-10(2)9-13/h4-7,10,13H,3,8-9H2,1-2H3/t10-/m0/s1. The maximum Gasteiger partial charge on any atom is 0.0459 e. The zero-order valence-electron chi connectivity index (χ0n) is 8.46. The second-order valence-electron chi connectivity index (χ2n) is 3.66. The fraction of sp³-hybridized carbons (Fsp3) is 0.500. The molecule has 0 saturated carbocycles. The van der Waals surface area contributed by atoms with Gasteiger partial charge in [-0.1, -0.05) is 38.1 Å². The maximum absolute atomic E-state index is 8.90. The molecule has 0 amide bonds. The van der Waals surface area contributed by atoms with Gasteiger partial charge in [-0.05, 0) is 29.9 Å². The van der Waals surface area contributed by atoms with Crippen molar-refractivity contribution < 1.29 is 5.11 Å². The Balaban J connectivity index is 2.58. The van der Waals surface area contributed by atoms with Gasteiger partial charge in [0.1, 0.15) is 0 Å². The Morgan fingerprint density at radius 1 is 1.15 bits per heavy atom. The molecule has 72 valence electrons. The number of hydrogen-bond donors (Lipinski definition) is 1. The summed E-state index contributed by atoms with van der Waals surface area (Å²) in [5.74, 6) is 0.368. The van der Waals surface area contributed by atoms with Crippen molar-refractivity contribution in [2.45, 2.75) is 26.7 Å². The SMILES string of the molecule is CCc1ccc(C[C@H](C)CO)cc1. The van der Waals surface area contributed by atoms with Crippen molar-refractivity contribution in [3.8, 4) is 0 Å². The summed E-state index contributed by atoms with van der Waals surface area (Å²) in [6.07, 6.45) is 2.07. The first kappa shape index (κ1) is 10.3. The topological polar surface area (TPSA) is 20.2 Å². The van der Waals surface area contributed by atoms with E-state index >= 15 is 0 Å². The first-order valence-corrected chi connectivity index (χ1v) is 4.95. The molecule has 0 aliphatic heterocycles. The molecule has 1 nitrogen and oxygen atoms in total. The van der Waals surface area contributed by atoms with Gasteiger partial charge in [-0.15, -0.1) is 0 Å². The van der Waals surface area contributed by atoms with Gasteiger partial charge in [0, 0.05) is 6.61 Å². The van der Waals surface area contributed by atoms with E-state index in [4.69, 9.17) is 5.11 Å². The zero-order valence-corrected chi connectivity index (χ0v) is 8.46. The summed E-state index contributed by atoms with van der Waals surface area (Å²) < 4.78 is 0. The minimum Gasteiger partial charge on any atom is -0.396 e. The van der Waals surface area contributed by atoms with Gasteiger partial charge in [0.25, 0.3) is 0 Å². The Kier molecular flexibility index (Phi) is 3.97. The maximum atomic E-state index is 8.90. The molecule has 0 unspecified atom stereocenters. The van der Waals surface area contributed by atoms with E-state index in [1.54, 1.807) is 0 Å². The summed E-state index contributed by atoms with van der Waals surface area (Å²) in [5, 5.41) is 8.90. The van der Waals surface area contributed by atoms with Crippen LogP contribution in [0.1, 0.15) is 25.0 Å². The zero-order chi connectivity index (χ0) is 9.68. The van der Waals surface area contributed by atoms with Gasteiger partial charge in [0.2, 0.25) is 0 Å². The monoisotopic (exact) mass is 178 g/mol. The average Bonchev–Trinajstić information content (AvgIpc) is 2.19. The van der Waals surface area contributed by atoms with E-state index in [-0.39, 0.29) is 6.61 Å². The van der Waals surface area contributed by atoms with Crippen molar-refractivity contribution in [1.82, 2.24) is 0 Å². The largest absolute Gasteiger partial charge is 0.396 e. The molecule has 13 heavy (non-hydrogen) atoms. The highest BCUT2D eigenvalue weighted by atomic mass is 16.3. The minimum atomic E-state index is 0.273. The van der Waals surface area contributed by atoms with Gasteiger partial charge >= 0.3 is 0 Å². The van der Waals surface area contributed by atoms with Gasteiger partial charge in [-0.2, -0.15) is 0 Å². The molecule has 0 saturated heterocycles. The lowest BCUT2D eigenvalue weighted by Crippen LogP contribution is -2.04. The molecule has 0 spiro atoms. The Hall–Kier alpha value is -0.820. The van der Waals surface area contributed by atoms with Gasteiger partial charge in [-0.3, -0.25) is 0 Å². The third kappa shape index (κ3) is 3.19. The summed E-state index contributed by atoms with van der Waals surface area (Å²) in [6, 6.07) is 8.65. The Bertz CT molecular complexity index is 238. The van der Waals surface area contributed by atoms with Crippen molar-refractivity contribution in [1.29, 1.82) is 0 Å². The third-order valence-electron chi connectivity index (χ3n) is 2.33. The smallest absolute Gasteiger partial charge is 0.0459 e. The molecule has 1 heteroatoms. The third-order valence-corrected chi connectivity index (χ3v) is 2.33. The first-order valence-electron chi connectivity index (χ1n) is 4.95. The van der Waals surface area contributed by atoms with Gasteiger partial charge in [-0.25, -0.2) is 0 Å². The van der Waals surface area contributed by atoms with E-state index < -0.39 is 0 Å². The van der Waals surface area contributed by atoms with Crippen LogP contribution in [0.3, 0.4) is 0 Å². The normalized spacial score (nSPS) is 12.8. The Labute approximate surface area is 80.4 Å². The van der Waals surface area contributed by atoms with Gasteiger partial charge in [0.05, 0.1) is 0 Å². The van der Waals surface area contributed by atoms with Gasteiger partial charge in [0.15, 0.2) is 0 Å². The highest BCUT2D eigenvalue weighted by molar-refractivity contribution is 5.22. The highest BCUT2D eigenvalue weighted by Gasteiger charge is 2.01. The summed E-state index contributed by atoms with van der Waals surface area (Å²) >= 11 is 0. The van der Waals surface area contributed by atoms with E-state index in [1.807, 2.05) is 0 Å². The molecule has 0 heterocycles. The van der Waals surface area contributed by atoms with Crippen LogP contribution in [0, 0.1) is 5.92 Å². The number of rotatable bonds is 4. The second-order valence-corrected chi connectivity index (χ2v) is 3.66. The van der Waals surface area contributed by atoms with E-state index in [1.165, 1.54) is 11.1 Å². The van der Waals surface area contributed by atoms with Crippen LogP contribution in [0.25, 0.3) is 0 Å². The lowest BCUT2D eigenvalue weighted by Gasteiger charge is -2.07. The summed E-state index contributed by atoms with van der Waals surface area (Å²) in [5.41, 5.74) is 2.69. The number of hydrogen-bond acceptors (Lipinski definition) is 1. The second kappa shape index (κ2) is 5.03. The van der Waals surface area contributed by atoms with E-state index in [0.29, 0.717) is 5.92 Å². The summed E-state index contributed by atoms with van der Waals surface area (Å²) in [7, 11) is 0. The van der Waals surface area contributed by atoms with Crippen molar-refractivity contribution in [2.75, 3.05) is 6.61 Å². The van der Waals surface area contributed by atoms with Crippen LogP contribution >= 0.6 is 0 Å². The Morgan fingerprint density at radius 3 is 2.15 bits per heavy atom. The highest BCUT2D eigenvalue weighted by Crippen LogP contribution is 2.10. The van der Waals surface area contributed by atoms with E-state index in [0.717, 1.165) is 12.8 Å². The van der Waals surface area contributed by atoms with E-state index in [2.05, 4.69) is 38.1 Å². The number of benzene rings is 1. The average molecular weight is 178 g/mol. The molecule has 1 rings (SSSR count). The molecule has 0 aliphatic rings. The van der Waals surface area contributed by atoms with Crippen LogP contribution < -0.4 is 0 Å². The molecule has 1 aromatic rings. The summed E-state index contributed by atoms with van der Waals surface area (Å²) in [6.45, 7) is 4.49. The molecule has 1 N–H and O–H groups in total. The molecule has 0 bridgehead atoms. The predicted octanol–water partition coefficient (Wildman–Crippen LogP) is 2.42. The fourth-order valence-corrected chi connectivity index (χ4v) is 1.38. The first-order chi connectivity index (χ1) is 6.26. The molecule has 1 aromatic carbocycles. The van der Waals surface area contributed by atoms with Crippen molar-refractivity contribution in [3.63, 3.8) is 0 Å². The van der Waals surface area contributed by atoms with Crippen LogP contribution in [0.2, 0.25) is 0 Å².